The second kappa shape index (κ2) is 11.0. The molecule has 0 heterocycles. The van der Waals surface area contributed by atoms with Crippen LogP contribution in [0.1, 0.15) is 50.0 Å². The van der Waals surface area contributed by atoms with Crippen LogP contribution in [0.15, 0.2) is 53.6 Å². The van der Waals surface area contributed by atoms with E-state index in [1.165, 1.54) is 0 Å². The number of nitrogens with zero attached hydrogens (tertiary/aromatic N) is 2. The van der Waals surface area contributed by atoms with Gasteiger partial charge in [-0.05, 0) is 61.7 Å². The zero-order valence-corrected chi connectivity index (χ0v) is 17.6. The molecule has 0 saturated heterocycles. The van der Waals surface area contributed by atoms with Crippen LogP contribution in [-0.2, 0) is 4.79 Å². The lowest BCUT2D eigenvalue weighted by Crippen LogP contribution is -2.21. The summed E-state index contributed by atoms with van der Waals surface area (Å²) in [6.07, 6.45) is 2.08. The topological polar surface area (TPSA) is 73.8 Å². The van der Waals surface area contributed by atoms with Gasteiger partial charge in [0.15, 0.2) is 0 Å². The molecule has 2 N–H and O–H groups in total. The number of hydrogen-bond acceptors (Lipinski definition) is 4. The molecule has 0 bridgehead atoms. The molecular weight excluding hydrogens is 364 g/mol. The van der Waals surface area contributed by atoms with E-state index in [2.05, 4.69) is 34.6 Å². The summed E-state index contributed by atoms with van der Waals surface area (Å²) in [5.41, 5.74) is 5.74. The molecule has 0 aromatic heterocycles. The summed E-state index contributed by atoms with van der Waals surface area (Å²) in [7, 11) is 0. The molecule has 0 unspecified atom stereocenters. The Labute approximate surface area is 173 Å². The lowest BCUT2D eigenvalue weighted by Gasteiger charge is -2.20. The van der Waals surface area contributed by atoms with Gasteiger partial charge in [0.05, 0.1) is 6.21 Å². The molecular formula is C23H30N4O2. The Morgan fingerprint density at radius 3 is 2.17 bits per heavy atom. The summed E-state index contributed by atoms with van der Waals surface area (Å²) >= 11 is 0. The minimum absolute atomic E-state index is 0.0335. The first kappa shape index (κ1) is 22.1. The van der Waals surface area contributed by atoms with Crippen LogP contribution in [0.4, 0.5) is 11.4 Å². The van der Waals surface area contributed by atoms with Gasteiger partial charge in [0.25, 0.3) is 5.91 Å². The fourth-order valence-corrected chi connectivity index (χ4v) is 2.88. The van der Waals surface area contributed by atoms with Crippen molar-refractivity contribution in [3.05, 3.63) is 59.7 Å². The molecule has 0 atom stereocenters. The van der Waals surface area contributed by atoms with Crippen molar-refractivity contribution >= 4 is 29.4 Å². The third-order valence-electron chi connectivity index (χ3n) is 4.43. The van der Waals surface area contributed by atoms with Gasteiger partial charge in [0.2, 0.25) is 5.91 Å². The Bertz CT molecular complexity index is 823. The van der Waals surface area contributed by atoms with E-state index in [0.717, 1.165) is 24.3 Å². The van der Waals surface area contributed by atoms with Gasteiger partial charge in [-0.3, -0.25) is 9.59 Å². The minimum atomic E-state index is -0.305. The number of carbonyl (C=O) groups is 2. The summed E-state index contributed by atoms with van der Waals surface area (Å²) in [5, 5.41) is 6.85. The normalized spacial score (nSPS) is 10.9. The SMILES string of the molecule is CCN(CC)c1ccc(/C=N/NC(=O)c2ccc(NC(=O)CC(C)C)cc2)cc1. The first-order valence-electron chi connectivity index (χ1n) is 10.0. The van der Waals surface area contributed by atoms with Gasteiger partial charge < -0.3 is 10.2 Å². The van der Waals surface area contributed by atoms with Gasteiger partial charge in [0.1, 0.15) is 0 Å². The highest BCUT2D eigenvalue weighted by Gasteiger charge is 2.07. The fraction of sp³-hybridized carbons (Fsp3) is 0.348. The summed E-state index contributed by atoms with van der Waals surface area (Å²) in [6.45, 7) is 10.2. The van der Waals surface area contributed by atoms with Crippen molar-refractivity contribution in [2.45, 2.75) is 34.1 Å². The van der Waals surface area contributed by atoms with Crippen molar-refractivity contribution in [2.75, 3.05) is 23.3 Å². The molecule has 0 aliphatic heterocycles. The third kappa shape index (κ3) is 7.07. The van der Waals surface area contributed by atoms with Crippen molar-refractivity contribution < 1.29 is 9.59 Å². The van der Waals surface area contributed by atoms with Crippen LogP contribution in [0.5, 0.6) is 0 Å². The molecule has 29 heavy (non-hydrogen) atoms. The highest BCUT2D eigenvalue weighted by atomic mass is 16.2. The summed E-state index contributed by atoms with van der Waals surface area (Å²) in [5.74, 6) is -0.0405. The monoisotopic (exact) mass is 394 g/mol. The van der Waals surface area contributed by atoms with E-state index in [4.69, 9.17) is 0 Å². The maximum atomic E-state index is 12.2. The molecule has 0 aliphatic carbocycles. The predicted molar refractivity (Wildman–Crippen MR) is 120 cm³/mol. The first-order valence-corrected chi connectivity index (χ1v) is 10.0. The van der Waals surface area contributed by atoms with Crippen molar-refractivity contribution in [1.82, 2.24) is 5.43 Å². The van der Waals surface area contributed by atoms with Gasteiger partial charge in [-0.1, -0.05) is 26.0 Å². The molecule has 2 aromatic rings. The van der Waals surface area contributed by atoms with Crippen LogP contribution in [0, 0.1) is 5.92 Å². The van der Waals surface area contributed by atoms with E-state index in [-0.39, 0.29) is 11.8 Å². The smallest absolute Gasteiger partial charge is 0.271 e. The highest BCUT2D eigenvalue weighted by molar-refractivity contribution is 5.96. The van der Waals surface area contributed by atoms with Crippen molar-refractivity contribution in [2.24, 2.45) is 11.0 Å². The average Bonchev–Trinajstić information content (AvgIpc) is 2.70. The molecule has 2 rings (SSSR count). The number of hydrazone groups is 1. The van der Waals surface area contributed by atoms with Gasteiger partial charge in [0, 0.05) is 36.4 Å². The standard InChI is InChI=1S/C23H30N4O2/c1-5-27(6-2)21-13-7-18(8-14-21)16-24-26-23(29)19-9-11-20(12-10-19)25-22(28)15-17(3)4/h7-14,16-17H,5-6,15H2,1-4H3,(H,25,28)(H,26,29)/b24-16+. The molecule has 0 aliphatic rings. The van der Waals surface area contributed by atoms with Gasteiger partial charge in [-0.2, -0.15) is 5.10 Å². The zero-order valence-electron chi connectivity index (χ0n) is 17.6. The number of benzene rings is 2. The van der Waals surface area contributed by atoms with E-state index in [1.54, 1.807) is 30.5 Å². The summed E-state index contributed by atoms with van der Waals surface area (Å²) in [4.78, 5) is 26.3. The Hall–Kier alpha value is -3.15. The fourth-order valence-electron chi connectivity index (χ4n) is 2.88. The van der Waals surface area contributed by atoms with Crippen molar-refractivity contribution in [3.8, 4) is 0 Å². The highest BCUT2D eigenvalue weighted by Crippen LogP contribution is 2.14. The Kier molecular flexibility index (Phi) is 8.40. The first-order chi connectivity index (χ1) is 13.9. The number of rotatable bonds is 9. The largest absolute Gasteiger partial charge is 0.372 e. The van der Waals surface area contributed by atoms with E-state index in [0.29, 0.717) is 23.6 Å². The number of amides is 2. The lowest BCUT2D eigenvalue weighted by molar-refractivity contribution is -0.116. The van der Waals surface area contributed by atoms with Crippen molar-refractivity contribution in [1.29, 1.82) is 0 Å². The maximum Gasteiger partial charge on any atom is 0.271 e. The average molecular weight is 395 g/mol. The minimum Gasteiger partial charge on any atom is -0.372 e. The Morgan fingerprint density at radius 1 is 1.00 bits per heavy atom. The molecule has 0 spiro atoms. The predicted octanol–water partition coefficient (Wildman–Crippen LogP) is 4.28. The third-order valence-corrected chi connectivity index (χ3v) is 4.43. The molecule has 2 amide bonds. The molecule has 2 aromatic carbocycles. The van der Waals surface area contributed by atoms with Crippen LogP contribution < -0.4 is 15.6 Å². The number of carbonyl (C=O) groups excluding carboxylic acids is 2. The Balaban J connectivity index is 1.89. The second-order valence-corrected chi connectivity index (χ2v) is 7.19. The quantitative estimate of drug-likeness (QED) is 0.492. The summed E-state index contributed by atoms with van der Waals surface area (Å²) in [6, 6.07) is 14.8. The van der Waals surface area contributed by atoms with Crippen LogP contribution in [-0.4, -0.2) is 31.1 Å². The molecule has 6 heteroatoms. The second-order valence-electron chi connectivity index (χ2n) is 7.19. The molecule has 0 fully saturated rings. The van der Waals surface area contributed by atoms with E-state index >= 15 is 0 Å². The number of hydrogen-bond donors (Lipinski definition) is 2. The Morgan fingerprint density at radius 2 is 1.62 bits per heavy atom. The molecule has 6 nitrogen and oxygen atoms in total. The van der Waals surface area contributed by atoms with Crippen LogP contribution in [0.2, 0.25) is 0 Å². The van der Waals surface area contributed by atoms with Crippen LogP contribution in [0.25, 0.3) is 0 Å². The van der Waals surface area contributed by atoms with Crippen molar-refractivity contribution in [3.63, 3.8) is 0 Å². The van der Waals surface area contributed by atoms with Gasteiger partial charge >= 0.3 is 0 Å². The molecule has 0 saturated carbocycles. The van der Waals surface area contributed by atoms with Crippen LogP contribution >= 0.6 is 0 Å². The van der Waals surface area contributed by atoms with E-state index < -0.39 is 0 Å². The molecule has 154 valence electrons. The number of anilines is 2. The van der Waals surface area contributed by atoms with Gasteiger partial charge in [-0.25, -0.2) is 5.43 Å². The molecule has 0 radical (unpaired) electrons. The zero-order chi connectivity index (χ0) is 21.2. The van der Waals surface area contributed by atoms with Crippen LogP contribution in [0.3, 0.4) is 0 Å². The van der Waals surface area contributed by atoms with E-state index in [1.807, 2.05) is 38.1 Å². The van der Waals surface area contributed by atoms with Gasteiger partial charge in [-0.15, -0.1) is 0 Å². The lowest BCUT2D eigenvalue weighted by atomic mass is 10.1. The summed E-state index contributed by atoms with van der Waals surface area (Å²) < 4.78 is 0. The number of nitrogens with one attached hydrogen (secondary N) is 2. The maximum absolute atomic E-state index is 12.2. The van der Waals surface area contributed by atoms with E-state index in [9.17, 15) is 9.59 Å².